The number of nitrogens with zero attached hydrogens (tertiary/aromatic N) is 3. The van der Waals surface area contributed by atoms with Crippen LogP contribution in [-0.2, 0) is 10.1 Å². The summed E-state index contributed by atoms with van der Waals surface area (Å²) in [7, 11) is -5.77. The van der Waals surface area contributed by atoms with Gasteiger partial charge in [0.2, 0.25) is 0 Å². The molecule has 0 spiro atoms. The fraction of sp³-hybridized carbons (Fsp3) is 0.0192. The molecule has 11 heteroatoms. The molecule has 11 rings (SSSR count). The van der Waals surface area contributed by atoms with Crippen molar-refractivity contribution >= 4 is 86.6 Å². The highest BCUT2D eigenvalue weighted by atomic mass is 32.2. The monoisotopic (exact) mass is 850 g/mol. The van der Waals surface area contributed by atoms with Crippen molar-refractivity contribution in [3.63, 3.8) is 0 Å². The molecule has 2 aromatic heterocycles. The lowest BCUT2D eigenvalue weighted by molar-refractivity contribution is -0.0500. The summed E-state index contributed by atoms with van der Waals surface area (Å²) < 4.78 is 70.1. The summed E-state index contributed by atoms with van der Waals surface area (Å²) >= 11 is 0. The van der Waals surface area contributed by atoms with E-state index in [1.807, 2.05) is 102 Å². The smallest absolute Gasteiger partial charge is 0.376 e. The molecule has 0 fully saturated rings. The van der Waals surface area contributed by atoms with Gasteiger partial charge in [-0.15, -0.1) is 0 Å². The topological polar surface area (TPSA) is 89.1 Å². The average Bonchev–Trinajstić information content (AvgIpc) is 3.82. The Morgan fingerprint density at radius 3 is 1.48 bits per heavy atom. The van der Waals surface area contributed by atoms with Crippen LogP contribution in [0.25, 0.3) is 76.5 Å². The van der Waals surface area contributed by atoms with Crippen molar-refractivity contribution in [3.05, 3.63) is 200 Å². The van der Waals surface area contributed by atoms with Gasteiger partial charge in [0.15, 0.2) is 0 Å². The fourth-order valence-corrected chi connectivity index (χ4v) is 8.82. The van der Waals surface area contributed by atoms with Gasteiger partial charge in [0, 0.05) is 44.3 Å². The molecule has 0 amide bonds. The SMILES string of the molecule is N#Cc1ccc(Nc2ccc3c(c2)c2c4ccccc4ccc2n3-c2ccccc2)cc1.O=S(=O)(Oc1ccc2c(c1)c1c3ccccc3ccc1n2-c1ccccc1)C(F)(F)F. The molecule has 7 nitrogen and oxygen atoms in total. The van der Waals surface area contributed by atoms with Gasteiger partial charge < -0.3 is 18.6 Å². The summed E-state index contributed by atoms with van der Waals surface area (Å²) in [5.74, 6) is -0.398. The van der Waals surface area contributed by atoms with Crippen LogP contribution in [0.1, 0.15) is 5.56 Å². The fourth-order valence-electron chi connectivity index (χ4n) is 8.37. The first-order valence-corrected chi connectivity index (χ1v) is 21.3. The molecule has 0 saturated carbocycles. The number of halogens is 3. The van der Waals surface area contributed by atoms with Gasteiger partial charge in [-0.3, -0.25) is 0 Å². The van der Waals surface area contributed by atoms with Crippen LogP contribution < -0.4 is 9.50 Å². The van der Waals surface area contributed by atoms with Crippen molar-refractivity contribution in [1.82, 2.24) is 9.13 Å². The molecule has 0 bridgehead atoms. The van der Waals surface area contributed by atoms with Gasteiger partial charge >= 0.3 is 15.6 Å². The Morgan fingerprint density at radius 2 is 0.952 bits per heavy atom. The first-order valence-electron chi connectivity index (χ1n) is 19.9. The molecule has 2 heterocycles. The largest absolute Gasteiger partial charge is 0.534 e. The van der Waals surface area contributed by atoms with E-state index in [2.05, 4.69) is 99.0 Å². The highest BCUT2D eigenvalue weighted by Crippen LogP contribution is 2.40. The van der Waals surface area contributed by atoms with Crippen molar-refractivity contribution in [3.8, 4) is 23.2 Å². The van der Waals surface area contributed by atoms with E-state index in [9.17, 15) is 21.6 Å². The molecule has 1 N–H and O–H groups in total. The zero-order valence-corrected chi connectivity index (χ0v) is 33.9. The van der Waals surface area contributed by atoms with Crippen LogP contribution in [0.2, 0.25) is 0 Å². The lowest BCUT2D eigenvalue weighted by Gasteiger charge is -2.10. The van der Waals surface area contributed by atoms with Crippen molar-refractivity contribution < 1.29 is 25.8 Å². The predicted octanol–water partition coefficient (Wildman–Crippen LogP) is 13.7. The van der Waals surface area contributed by atoms with Crippen molar-refractivity contribution in [2.45, 2.75) is 5.51 Å². The Kier molecular flexibility index (Phi) is 9.58. The van der Waals surface area contributed by atoms with Gasteiger partial charge in [-0.05, 0) is 119 Å². The predicted molar refractivity (Wildman–Crippen MR) is 247 cm³/mol. The minimum atomic E-state index is -5.77. The Balaban J connectivity index is 0.000000150. The molecule has 0 aliphatic carbocycles. The van der Waals surface area contributed by atoms with E-state index in [0.717, 1.165) is 44.4 Å². The number of aromatic nitrogens is 2. The first kappa shape index (κ1) is 39.1. The van der Waals surface area contributed by atoms with E-state index >= 15 is 0 Å². The van der Waals surface area contributed by atoms with E-state index in [0.29, 0.717) is 16.5 Å². The molecule has 0 saturated heterocycles. The molecule has 11 aromatic rings. The number of hydrogen-bond donors (Lipinski definition) is 1. The van der Waals surface area contributed by atoms with Gasteiger partial charge in [-0.25, -0.2) is 0 Å². The van der Waals surface area contributed by atoms with Crippen molar-refractivity contribution in [2.24, 2.45) is 0 Å². The summed E-state index contributed by atoms with van der Waals surface area (Å²) in [6.45, 7) is 0. The number of para-hydroxylation sites is 2. The molecular formula is C52H33F3N4O3S. The van der Waals surface area contributed by atoms with E-state index in [1.54, 1.807) is 6.07 Å². The van der Waals surface area contributed by atoms with E-state index in [4.69, 9.17) is 5.26 Å². The van der Waals surface area contributed by atoms with Gasteiger partial charge in [0.1, 0.15) is 5.75 Å². The number of nitrogens with one attached hydrogen (secondary N) is 1. The maximum absolute atomic E-state index is 12.8. The third-order valence-corrected chi connectivity index (χ3v) is 12.1. The first-order chi connectivity index (χ1) is 30.6. The third kappa shape index (κ3) is 7.02. The number of hydrogen-bond acceptors (Lipinski definition) is 5. The van der Waals surface area contributed by atoms with E-state index in [1.165, 1.54) is 44.7 Å². The van der Waals surface area contributed by atoms with Crippen LogP contribution in [0.3, 0.4) is 0 Å². The van der Waals surface area contributed by atoms with Gasteiger partial charge in [0.25, 0.3) is 0 Å². The quantitative estimate of drug-likeness (QED) is 0.133. The molecule has 0 unspecified atom stereocenters. The number of rotatable bonds is 6. The number of anilines is 2. The molecule has 9 aromatic carbocycles. The highest BCUT2D eigenvalue weighted by Gasteiger charge is 2.48. The molecular weight excluding hydrogens is 818 g/mol. The van der Waals surface area contributed by atoms with E-state index < -0.39 is 21.4 Å². The van der Waals surface area contributed by atoms with Gasteiger partial charge in [0.05, 0.1) is 33.7 Å². The molecule has 0 radical (unpaired) electrons. The van der Waals surface area contributed by atoms with Crippen LogP contribution in [0.15, 0.2) is 194 Å². The second-order valence-corrected chi connectivity index (χ2v) is 16.4. The summed E-state index contributed by atoms with van der Waals surface area (Å²) in [5, 5.41) is 20.7. The number of alkyl halides is 3. The van der Waals surface area contributed by atoms with Crippen LogP contribution in [0, 0.1) is 11.3 Å². The summed E-state index contributed by atoms with van der Waals surface area (Å²) in [4.78, 5) is 0. The van der Waals surface area contributed by atoms with Crippen LogP contribution in [0.4, 0.5) is 24.5 Å². The standard InChI is InChI=1S/C29H19N3.C23H14F3NO3S/c30-19-20-10-13-22(14-11-20)31-23-15-17-27-26(18-23)29-25-9-5-4-6-21(25)12-16-28(29)32(27)24-7-2-1-3-8-24;24-23(25,26)31(28,29)30-17-11-13-20-19(14-17)22-18-9-5-4-6-15(18)10-12-21(22)27(20)16-7-2-1-3-8-16/h1-18,31H;1-14H. The van der Waals surface area contributed by atoms with Crippen LogP contribution in [-0.4, -0.2) is 23.1 Å². The zero-order chi connectivity index (χ0) is 43.3. The minimum absolute atomic E-state index is 0.398. The zero-order valence-electron chi connectivity index (χ0n) is 33.1. The number of fused-ring (bicyclic) bond motifs is 10. The summed E-state index contributed by atoms with van der Waals surface area (Å²) in [6.07, 6.45) is 0. The Hall–Kier alpha value is -8.07. The van der Waals surface area contributed by atoms with Crippen molar-refractivity contribution in [1.29, 1.82) is 5.26 Å². The second-order valence-electron chi connectivity index (χ2n) is 14.9. The third-order valence-electron chi connectivity index (χ3n) is 11.1. The molecule has 306 valence electrons. The second kappa shape index (κ2) is 15.4. The summed E-state index contributed by atoms with van der Waals surface area (Å²) in [5.41, 5.74) is 3.07. The lowest BCUT2D eigenvalue weighted by atomic mass is 10.0. The van der Waals surface area contributed by atoms with Crippen LogP contribution >= 0.6 is 0 Å². The molecule has 0 aliphatic heterocycles. The number of nitriles is 1. The van der Waals surface area contributed by atoms with Gasteiger partial charge in [-0.1, -0.05) is 97.1 Å². The van der Waals surface area contributed by atoms with Gasteiger partial charge in [-0.2, -0.15) is 26.9 Å². The molecule has 0 aliphatic rings. The molecule has 0 atom stereocenters. The normalized spacial score (nSPS) is 11.8. The Morgan fingerprint density at radius 1 is 0.492 bits per heavy atom. The average molecular weight is 851 g/mol. The van der Waals surface area contributed by atoms with Crippen LogP contribution in [0.5, 0.6) is 5.75 Å². The highest BCUT2D eigenvalue weighted by molar-refractivity contribution is 7.88. The van der Waals surface area contributed by atoms with Crippen molar-refractivity contribution in [2.75, 3.05) is 5.32 Å². The Bertz CT molecular complexity index is 3690. The maximum Gasteiger partial charge on any atom is 0.534 e. The summed E-state index contributed by atoms with van der Waals surface area (Å²) in [6, 6.07) is 64.9. The molecule has 63 heavy (non-hydrogen) atoms. The lowest BCUT2D eigenvalue weighted by Crippen LogP contribution is -2.28. The van der Waals surface area contributed by atoms with E-state index in [-0.39, 0.29) is 0 Å². The number of benzene rings is 9. The minimum Gasteiger partial charge on any atom is -0.376 e. The Labute approximate surface area is 359 Å². The maximum atomic E-state index is 12.8.